The monoisotopic (exact) mass is 179 g/mol. The molecule has 1 aliphatic heterocycles. The molecule has 1 fully saturated rings. The van der Waals surface area contributed by atoms with Crippen molar-refractivity contribution in [1.82, 2.24) is 5.32 Å². The summed E-state index contributed by atoms with van der Waals surface area (Å²) in [7, 11) is 0. The summed E-state index contributed by atoms with van der Waals surface area (Å²) < 4.78 is 31.1. The molecule has 0 amide bonds. The van der Waals surface area contributed by atoms with Crippen LogP contribution in [0.3, 0.4) is 0 Å². The largest absolute Gasteiger partial charge is 0.381 e. The highest BCUT2D eigenvalue weighted by Gasteiger charge is 2.41. The zero-order chi connectivity index (χ0) is 9.03. The highest BCUT2D eigenvalue weighted by atomic mass is 19.3. The normalized spacial score (nSPS) is 28.8. The maximum Gasteiger partial charge on any atom is 0.265 e. The summed E-state index contributed by atoms with van der Waals surface area (Å²) in [6.07, 6.45) is 0.507. The van der Waals surface area contributed by atoms with E-state index in [-0.39, 0.29) is 13.2 Å². The van der Waals surface area contributed by atoms with Crippen LogP contribution in [0.25, 0.3) is 0 Å². The Labute approximate surface area is 71.3 Å². The number of hydrogen-bond acceptors (Lipinski definition) is 2. The lowest BCUT2D eigenvalue weighted by Gasteiger charge is -2.31. The molecular formula is C8H15F2NO. The number of nitrogens with one attached hydrogen (secondary N) is 1. The van der Waals surface area contributed by atoms with E-state index in [1.54, 1.807) is 0 Å². The maximum absolute atomic E-state index is 13.0. The van der Waals surface area contributed by atoms with Gasteiger partial charge in [-0.1, -0.05) is 0 Å². The van der Waals surface area contributed by atoms with Gasteiger partial charge in [-0.15, -0.1) is 0 Å². The van der Waals surface area contributed by atoms with Crippen molar-refractivity contribution in [3.8, 4) is 0 Å². The van der Waals surface area contributed by atoms with Crippen molar-refractivity contribution in [2.45, 2.75) is 19.3 Å². The Bertz CT molecular complexity index is 141. The van der Waals surface area contributed by atoms with Crippen molar-refractivity contribution in [3.63, 3.8) is 0 Å². The highest BCUT2D eigenvalue weighted by molar-refractivity contribution is 4.84. The average Bonchev–Trinajstić information content (AvgIpc) is 2.02. The molecular weight excluding hydrogens is 164 g/mol. The van der Waals surface area contributed by atoms with Crippen molar-refractivity contribution in [3.05, 3.63) is 0 Å². The average molecular weight is 179 g/mol. The predicted octanol–water partition coefficient (Wildman–Crippen LogP) is 1.27. The summed E-state index contributed by atoms with van der Waals surface area (Å²) >= 11 is 0. The molecule has 1 aliphatic rings. The second-order valence-corrected chi connectivity index (χ2v) is 3.08. The minimum absolute atomic E-state index is 0.186. The lowest BCUT2D eigenvalue weighted by molar-refractivity contribution is -0.0992. The van der Waals surface area contributed by atoms with Crippen LogP contribution < -0.4 is 5.32 Å². The quantitative estimate of drug-likeness (QED) is 0.704. The fraction of sp³-hybridized carbons (Fsp3) is 1.00. The molecule has 0 bridgehead atoms. The molecule has 4 heteroatoms. The smallest absolute Gasteiger partial charge is 0.265 e. The van der Waals surface area contributed by atoms with Crippen LogP contribution >= 0.6 is 0 Å². The Kier molecular flexibility index (Phi) is 3.40. The van der Waals surface area contributed by atoms with Gasteiger partial charge in [0.2, 0.25) is 0 Å². The number of rotatable bonds is 3. The fourth-order valence-electron chi connectivity index (χ4n) is 1.35. The fourth-order valence-corrected chi connectivity index (χ4v) is 1.35. The van der Waals surface area contributed by atoms with Gasteiger partial charge in [0, 0.05) is 12.5 Å². The van der Waals surface area contributed by atoms with Crippen LogP contribution in [-0.2, 0) is 4.74 Å². The molecule has 0 saturated carbocycles. The number of hydrogen-bond donors (Lipinski definition) is 1. The zero-order valence-electron chi connectivity index (χ0n) is 7.28. The lowest BCUT2D eigenvalue weighted by atomic mass is 9.95. The van der Waals surface area contributed by atoms with Gasteiger partial charge < -0.3 is 10.1 Å². The van der Waals surface area contributed by atoms with Crippen LogP contribution in [-0.4, -0.2) is 32.2 Å². The van der Waals surface area contributed by atoms with Gasteiger partial charge in [-0.2, -0.15) is 0 Å². The Hall–Kier alpha value is -0.220. The SMILES string of the molecule is CCOCC1CCNCC1(F)F. The van der Waals surface area contributed by atoms with Crippen LogP contribution in [0.2, 0.25) is 0 Å². The van der Waals surface area contributed by atoms with E-state index < -0.39 is 11.8 Å². The Morgan fingerprint density at radius 1 is 1.58 bits per heavy atom. The minimum atomic E-state index is -2.59. The van der Waals surface area contributed by atoms with E-state index in [9.17, 15) is 8.78 Å². The Morgan fingerprint density at radius 3 is 2.92 bits per heavy atom. The van der Waals surface area contributed by atoms with Gasteiger partial charge in [0.25, 0.3) is 5.92 Å². The van der Waals surface area contributed by atoms with E-state index in [2.05, 4.69) is 5.32 Å². The van der Waals surface area contributed by atoms with Gasteiger partial charge in [0.05, 0.1) is 13.2 Å². The van der Waals surface area contributed by atoms with E-state index >= 15 is 0 Å². The van der Waals surface area contributed by atoms with Gasteiger partial charge in [0.15, 0.2) is 0 Å². The zero-order valence-corrected chi connectivity index (χ0v) is 7.28. The molecule has 0 aromatic heterocycles. The first kappa shape index (κ1) is 9.86. The molecule has 2 nitrogen and oxygen atoms in total. The van der Waals surface area contributed by atoms with Crippen LogP contribution in [0, 0.1) is 5.92 Å². The van der Waals surface area contributed by atoms with Gasteiger partial charge in [0.1, 0.15) is 0 Å². The van der Waals surface area contributed by atoms with E-state index in [0.717, 1.165) is 0 Å². The lowest BCUT2D eigenvalue weighted by Crippen LogP contribution is -2.47. The molecule has 0 spiro atoms. The molecule has 0 aliphatic carbocycles. The number of alkyl halides is 2. The van der Waals surface area contributed by atoms with E-state index in [1.165, 1.54) is 0 Å². The third kappa shape index (κ3) is 2.38. The molecule has 72 valence electrons. The van der Waals surface area contributed by atoms with Crippen LogP contribution in [0.5, 0.6) is 0 Å². The highest BCUT2D eigenvalue weighted by Crippen LogP contribution is 2.29. The second-order valence-electron chi connectivity index (χ2n) is 3.08. The molecule has 0 aromatic rings. The summed E-state index contributed by atoms with van der Waals surface area (Å²) in [6.45, 7) is 2.99. The molecule has 0 radical (unpaired) electrons. The molecule has 1 saturated heterocycles. The van der Waals surface area contributed by atoms with Crippen molar-refractivity contribution in [1.29, 1.82) is 0 Å². The Balaban J connectivity index is 2.37. The third-order valence-corrected chi connectivity index (χ3v) is 2.15. The third-order valence-electron chi connectivity index (χ3n) is 2.15. The molecule has 12 heavy (non-hydrogen) atoms. The standard InChI is InChI=1S/C8H15F2NO/c1-2-12-5-7-3-4-11-6-8(7,9)10/h7,11H,2-6H2,1H3. The summed E-state index contributed by atoms with van der Waals surface area (Å²) in [5.41, 5.74) is 0. The summed E-state index contributed by atoms with van der Waals surface area (Å²) in [5, 5.41) is 2.68. The molecule has 1 N–H and O–H groups in total. The molecule has 1 atom stereocenters. The summed E-state index contributed by atoms with van der Waals surface area (Å²) in [6, 6.07) is 0. The van der Waals surface area contributed by atoms with Gasteiger partial charge >= 0.3 is 0 Å². The number of piperidine rings is 1. The number of ether oxygens (including phenoxy) is 1. The van der Waals surface area contributed by atoms with Crippen molar-refractivity contribution >= 4 is 0 Å². The van der Waals surface area contributed by atoms with Crippen LogP contribution in [0.4, 0.5) is 8.78 Å². The van der Waals surface area contributed by atoms with E-state index in [1.807, 2.05) is 6.92 Å². The van der Waals surface area contributed by atoms with Crippen molar-refractivity contribution < 1.29 is 13.5 Å². The maximum atomic E-state index is 13.0. The van der Waals surface area contributed by atoms with Gasteiger partial charge in [-0.25, -0.2) is 8.78 Å². The van der Waals surface area contributed by atoms with Crippen molar-refractivity contribution in [2.24, 2.45) is 5.92 Å². The molecule has 0 aromatic carbocycles. The first-order valence-electron chi connectivity index (χ1n) is 4.33. The first-order valence-corrected chi connectivity index (χ1v) is 4.33. The first-order chi connectivity index (χ1) is 5.67. The van der Waals surface area contributed by atoms with Gasteiger partial charge in [-0.3, -0.25) is 0 Å². The van der Waals surface area contributed by atoms with Crippen molar-refractivity contribution in [2.75, 3.05) is 26.3 Å². The summed E-state index contributed by atoms with van der Waals surface area (Å²) in [4.78, 5) is 0. The molecule has 1 unspecified atom stereocenters. The Morgan fingerprint density at radius 2 is 2.33 bits per heavy atom. The van der Waals surface area contributed by atoms with Crippen LogP contribution in [0.1, 0.15) is 13.3 Å². The van der Waals surface area contributed by atoms with E-state index in [4.69, 9.17) is 4.74 Å². The minimum Gasteiger partial charge on any atom is -0.381 e. The van der Waals surface area contributed by atoms with Gasteiger partial charge in [-0.05, 0) is 19.9 Å². The topological polar surface area (TPSA) is 21.3 Å². The molecule has 1 heterocycles. The predicted molar refractivity (Wildman–Crippen MR) is 42.4 cm³/mol. The van der Waals surface area contributed by atoms with E-state index in [0.29, 0.717) is 19.6 Å². The number of halogens is 2. The molecule has 1 rings (SSSR count). The van der Waals surface area contributed by atoms with Crippen LogP contribution in [0.15, 0.2) is 0 Å². The second kappa shape index (κ2) is 4.14. The summed E-state index contributed by atoms with van der Waals surface area (Å²) in [5.74, 6) is -3.19.